The van der Waals surface area contributed by atoms with Gasteiger partial charge in [-0.15, -0.1) is 0 Å². The summed E-state index contributed by atoms with van der Waals surface area (Å²) in [6.45, 7) is 2.28. The monoisotopic (exact) mass is 242 g/mol. The molecule has 0 bridgehead atoms. The van der Waals surface area contributed by atoms with Gasteiger partial charge in [0.05, 0.1) is 17.3 Å². The summed E-state index contributed by atoms with van der Waals surface area (Å²) in [5.41, 5.74) is 6.23. The van der Waals surface area contributed by atoms with Crippen molar-refractivity contribution in [2.75, 3.05) is 25.6 Å². The van der Waals surface area contributed by atoms with Crippen molar-refractivity contribution < 1.29 is 9.47 Å². The molecule has 1 saturated heterocycles. The van der Waals surface area contributed by atoms with Crippen molar-refractivity contribution in [1.82, 2.24) is 4.98 Å². The van der Waals surface area contributed by atoms with Crippen molar-refractivity contribution >= 4 is 17.3 Å². The van der Waals surface area contributed by atoms with E-state index >= 15 is 0 Å². The molecule has 2 N–H and O–H groups in total. The van der Waals surface area contributed by atoms with Gasteiger partial charge in [-0.05, 0) is 24.8 Å². The zero-order valence-electron chi connectivity index (χ0n) is 8.99. The normalized spacial score (nSPS) is 17.3. The van der Waals surface area contributed by atoms with E-state index in [1.807, 2.05) is 0 Å². The van der Waals surface area contributed by atoms with Crippen LogP contribution in [0.4, 0.5) is 5.69 Å². The molecule has 0 aliphatic carbocycles. The van der Waals surface area contributed by atoms with Crippen LogP contribution in [-0.2, 0) is 4.74 Å². The van der Waals surface area contributed by atoms with E-state index in [4.69, 9.17) is 26.8 Å². The third kappa shape index (κ3) is 3.00. The molecule has 1 aliphatic heterocycles. The van der Waals surface area contributed by atoms with Crippen LogP contribution in [-0.4, -0.2) is 24.8 Å². The molecule has 0 unspecified atom stereocenters. The van der Waals surface area contributed by atoms with Gasteiger partial charge in [0.25, 0.3) is 0 Å². The van der Waals surface area contributed by atoms with Gasteiger partial charge in [0.15, 0.2) is 0 Å². The number of ether oxygens (including phenoxy) is 2. The number of rotatable bonds is 3. The van der Waals surface area contributed by atoms with Gasteiger partial charge in [-0.1, -0.05) is 11.6 Å². The van der Waals surface area contributed by atoms with Gasteiger partial charge in [-0.3, -0.25) is 0 Å². The summed E-state index contributed by atoms with van der Waals surface area (Å²) in [5, 5.41) is 0.524. The van der Waals surface area contributed by atoms with Crippen molar-refractivity contribution in [2.24, 2.45) is 5.92 Å². The van der Waals surface area contributed by atoms with Gasteiger partial charge >= 0.3 is 0 Å². The summed E-state index contributed by atoms with van der Waals surface area (Å²) < 4.78 is 10.9. The molecule has 0 spiro atoms. The Labute approximate surface area is 99.7 Å². The second-order valence-corrected chi connectivity index (χ2v) is 4.35. The highest BCUT2D eigenvalue weighted by Crippen LogP contribution is 2.23. The van der Waals surface area contributed by atoms with Gasteiger partial charge in [-0.25, -0.2) is 4.98 Å². The van der Waals surface area contributed by atoms with Crippen LogP contribution in [0.1, 0.15) is 12.8 Å². The van der Waals surface area contributed by atoms with Crippen molar-refractivity contribution in [1.29, 1.82) is 0 Å². The molecule has 0 atom stereocenters. The Bertz CT molecular complexity index is 354. The molecule has 1 fully saturated rings. The lowest BCUT2D eigenvalue weighted by Gasteiger charge is -2.22. The van der Waals surface area contributed by atoms with E-state index in [2.05, 4.69) is 4.98 Å². The third-order valence-electron chi connectivity index (χ3n) is 2.64. The highest BCUT2D eigenvalue weighted by Gasteiger charge is 2.15. The second kappa shape index (κ2) is 5.37. The van der Waals surface area contributed by atoms with Crippen molar-refractivity contribution in [3.8, 4) is 5.88 Å². The maximum atomic E-state index is 5.75. The molecule has 2 heterocycles. The van der Waals surface area contributed by atoms with Crippen molar-refractivity contribution in [3.05, 3.63) is 17.3 Å². The smallest absolute Gasteiger partial charge is 0.237 e. The fraction of sp³-hybridized carbons (Fsp3) is 0.545. The van der Waals surface area contributed by atoms with Gasteiger partial charge in [-0.2, -0.15) is 0 Å². The molecule has 16 heavy (non-hydrogen) atoms. The molecule has 0 amide bonds. The zero-order valence-corrected chi connectivity index (χ0v) is 9.74. The highest BCUT2D eigenvalue weighted by molar-refractivity contribution is 6.30. The van der Waals surface area contributed by atoms with Gasteiger partial charge in [0, 0.05) is 19.4 Å². The number of anilines is 1. The first kappa shape index (κ1) is 11.5. The molecule has 4 nitrogen and oxygen atoms in total. The second-order valence-electron chi connectivity index (χ2n) is 3.91. The van der Waals surface area contributed by atoms with Crippen LogP contribution in [0.2, 0.25) is 5.02 Å². The van der Waals surface area contributed by atoms with Crippen LogP contribution < -0.4 is 10.5 Å². The lowest BCUT2D eigenvalue weighted by atomic mass is 10.0. The Morgan fingerprint density at radius 2 is 2.25 bits per heavy atom. The van der Waals surface area contributed by atoms with Gasteiger partial charge in [0.2, 0.25) is 5.88 Å². The molecule has 1 aliphatic rings. The van der Waals surface area contributed by atoms with E-state index in [9.17, 15) is 0 Å². The number of hydrogen-bond acceptors (Lipinski definition) is 4. The Morgan fingerprint density at radius 3 is 2.94 bits per heavy atom. The van der Waals surface area contributed by atoms with Gasteiger partial charge in [0.1, 0.15) is 0 Å². The van der Waals surface area contributed by atoms with Crippen LogP contribution in [0.3, 0.4) is 0 Å². The minimum atomic E-state index is 0.468. The molecule has 1 aromatic heterocycles. The van der Waals surface area contributed by atoms with E-state index in [0.29, 0.717) is 29.1 Å². The quantitative estimate of drug-likeness (QED) is 0.882. The number of hydrogen-bond donors (Lipinski definition) is 1. The van der Waals surface area contributed by atoms with Crippen LogP contribution >= 0.6 is 11.6 Å². The number of aromatic nitrogens is 1. The minimum absolute atomic E-state index is 0.468. The maximum absolute atomic E-state index is 5.75. The average Bonchev–Trinajstić information content (AvgIpc) is 2.29. The summed E-state index contributed by atoms with van der Waals surface area (Å²) >= 11 is 5.75. The number of nitrogens with two attached hydrogens (primary N) is 1. The summed E-state index contributed by atoms with van der Waals surface area (Å²) in [6.07, 6.45) is 3.61. The predicted molar refractivity (Wildman–Crippen MR) is 62.7 cm³/mol. The molecule has 88 valence electrons. The molecule has 0 aromatic carbocycles. The predicted octanol–water partition coefficient (Wildman–Crippen LogP) is 2.12. The van der Waals surface area contributed by atoms with E-state index < -0.39 is 0 Å². The molecule has 2 rings (SSSR count). The summed E-state index contributed by atoms with van der Waals surface area (Å²) in [5.74, 6) is 1.00. The van der Waals surface area contributed by atoms with Crippen LogP contribution in [0.5, 0.6) is 5.88 Å². The highest BCUT2D eigenvalue weighted by atomic mass is 35.5. The van der Waals surface area contributed by atoms with Crippen molar-refractivity contribution in [2.45, 2.75) is 12.8 Å². The fourth-order valence-electron chi connectivity index (χ4n) is 1.67. The average molecular weight is 243 g/mol. The van der Waals surface area contributed by atoms with E-state index in [0.717, 1.165) is 26.1 Å². The Hall–Kier alpha value is -1.00. The molecule has 1 aromatic rings. The van der Waals surface area contributed by atoms with E-state index in [-0.39, 0.29) is 0 Å². The number of nitrogen functional groups attached to an aromatic ring is 1. The number of pyridine rings is 1. The van der Waals surface area contributed by atoms with Crippen LogP contribution in [0.25, 0.3) is 0 Å². The fourth-order valence-corrected chi connectivity index (χ4v) is 1.84. The number of nitrogens with zero attached hydrogens (tertiary/aromatic N) is 1. The minimum Gasteiger partial charge on any atom is -0.476 e. The molecular formula is C11H15ClN2O2. The van der Waals surface area contributed by atoms with Crippen LogP contribution in [0, 0.1) is 5.92 Å². The lowest BCUT2D eigenvalue weighted by molar-refractivity contribution is 0.0492. The molecule has 0 saturated carbocycles. The Kier molecular flexibility index (Phi) is 3.85. The first-order chi connectivity index (χ1) is 7.75. The Morgan fingerprint density at radius 1 is 1.50 bits per heavy atom. The first-order valence-electron chi connectivity index (χ1n) is 5.37. The number of halogens is 1. The standard InChI is InChI=1S/C11H15ClN2O2/c12-9-5-10(13)11(14-6-9)16-7-8-1-3-15-4-2-8/h5-6,8H,1-4,7,13H2. The first-order valence-corrected chi connectivity index (χ1v) is 5.75. The molecule has 0 radical (unpaired) electrons. The molecular weight excluding hydrogens is 228 g/mol. The van der Waals surface area contributed by atoms with E-state index in [1.165, 1.54) is 6.20 Å². The van der Waals surface area contributed by atoms with Gasteiger partial charge < -0.3 is 15.2 Å². The lowest BCUT2D eigenvalue weighted by Crippen LogP contribution is -2.21. The largest absolute Gasteiger partial charge is 0.476 e. The third-order valence-corrected chi connectivity index (χ3v) is 2.85. The maximum Gasteiger partial charge on any atom is 0.237 e. The topological polar surface area (TPSA) is 57.4 Å². The van der Waals surface area contributed by atoms with Crippen LogP contribution in [0.15, 0.2) is 12.3 Å². The zero-order chi connectivity index (χ0) is 11.4. The summed E-state index contributed by atoms with van der Waals surface area (Å²) in [7, 11) is 0. The van der Waals surface area contributed by atoms with E-state index in [1.54, 1.807) is 6.07 Å². The summed E-state index contributed by atoms with van der Waals surface area (Å²) in [6, 6.07) is 1.65. The molecule has 5 heteroatoms. The summed E-state index contributed by atoms with van der Waals surface area (Å²) in [4.78, 5) is 4.05. The van der Waals surface area contributed by atoms with Crippen molar-refractivity contribution in [3.63, 3.8) is 0 Å². The SMILES string of the molecule is Nc1cc(Cl)cnc1OCC1CCOCC1. The Balaban J connectivity index is 1.88.